The van der Waals surface area contributed by atoms with Crippen molar-refractivity contribution < 1.29 is 8.95 Å². The number of rotatable bonds is 5. The van der Waals surface area contributed by atoms with E-state index in [-0.39, 0.29) is 0 Å². The van der Waals surface area contributed by atoms with Crippen molar-refractivity contribution in [2.24, 2.45) is 0 Å². The molecular weight excluding hydrogens is 496 g/mol. The van der Waals surface area contributed by atoms with Crippen LogP contribution in [0.15, 0.2) is 126 Å². The molecule has 6 aromatic carbocycles. The topological polar surface area (TPSA) is 26.3 Å². The highest BCUT2D eigenvalue weighted by Gasteiger charge is 2.20. The summed E-state index contributed by atoms with van der Waals surface area (Å²) >= 11 is 0. The molecule has 1 atom stereocenters. The molecule has 0 bridgehead atoms. The summed E-state index contributed by atoms with van der Waals surface area (Å²) in [5.41, 5.74) is 6.28. The minimum Gasteiger partial charge on any atom is -0.496 e. The molecule has 6 rings (SSSR count). The summed E-state index contributed by atoms with van der Waals surface area (Å²) in [5, 5.41) is 4.11. The van der Waals surface area contributed by atoms with Gasteiger partial charge in [-0.2, -0.15) is 0 Å². The van der Waals surface area contributed by atoms with Crippen molar-refractivity contribution >= 4 is 42.2 Å². The molecule has 0 heterocycles. The molecular formula is C33H23ClO2S. The standard InChI is InChI=1S/C33H23ClO2S/c1-36-30-18-14-26-20-24(22-8-4-2-5-9-22)12-16-28(26)32(30)33-29-17-13-25(23-10-6-3-7-11-23)21-27(29)15-19-31(33)37(34)35/h2-21H,1H3. The molecule has 6 aromatic rings. The highest BCUT2D eigenvalue weighted by atomic mass is 35.7. The van der Waals surface area contributed by atoms with Crippen molar-refractivity contribution in [1.29, 1.82) is 0 Å². The average molecular weight is 519 g/mol. The predicted octanol–water partition coefficient (Wildman–Crippen LogP) is 9.26. The number of benzene rings is 6. The van der Waals surface area contributed by atoms with Crippen LogP contribution in [0.2, 0.25) is 0 Å². The largest absolute Gasteiger partial charge is 0.496 e. The second kappa shape index (κ2) is 9.85. The summed E-state index contributed by atoms with van der Waals surface area (Å²) in [4.78, 5) is 0.569. The molecule has 0 radical (unpaired) electrons. The summed E-state index contributed by atoms with van der Waals surface area (Å²) in [6.45, 7) is 0. The first-order chi connectivity index (χ1) is 18.1. The molecule has 0 N–H and O–H groups in total. The van der Waals surface area contributed by atoms with E-state index in [1.807, 2.05) is 54.6 Å². The van der Waals surface area contributed by atoms with Crippen LogP contribution in [0.3, 0.4) is 0 Å². The molecule has 0 amide bonds. The zero-order valence-electron chi connectivity index (χ0n) is 20.1. The van der Waals surface area contributed by atoms with E-state index in [1.165, 1.54) is 0 Å². The van der Waals surface area contributed by atoms with Gasteiger partial charge in [0.15, 0.2) is 0 Å². The molecule has 4 heteroatoms. The van der Waals surface area contributed by atoms with E-state index in [4.69, 9.17) is 15.4 Å². The van der Waals surface area contributed by atoms with Gasteiger partial charge in [-0.1, -0.05) is 97.1 Å². The Balaban J connectivity index is 1.63. The predicted molar refractivity (Wildman–Crippen MR) is 157 cm³/mol. The maximum atomic E-state index is 12.8. The number of methoxy groups -OCH3 is 1. The Morgan fingerprint density at radius 1 is 0.568 bits per heavy atom. The number of hydrogen-bond donors (Lipinski definition) is 0. The van der Waals surface area contributed by atoms with Crippen molar-refractivity contribution in [3.8, 4) is 39.1 Å². The molecule has 0 saturated heterocycles. The van der Waals surface area contributed by atoms with Gasteiger partial charge in [0.2, 0.25) is 0 Å². The van der Waals surface area contributed by atoms with E-state index in [1.54, 1.807) is 7.11 Å². The molecule has 0 aliphatic carbocycles. The van der Waals surface area contributed by atoms with Crippen LogP contribution in [-0.4, -0.2) is 11.3 Å². The average Bonchev–Trinajstić information content (AvgIpc) is 2.96. The van der Waals surface area contributed by atoms with Crippen LogP contribution in [0, 0.1) is 0 Å². The van der Waals surface area contributed by atoms with Gasteiger partial charge in [0.1, 0.15) is 15.8 Å². The van der Waals surface area contributed by atoms with Crippen LogP contribution < -0.4 is 4.74 Å². The maximum absolute atomic E-state index is 12.8. The molecule has 0 spiro atoms. The van der Waals surface area contributed by atoms with Crippen LogP contribution in [0.4, 0.5) is 0 Å². The van der Waals surface area contributed by atoms with Crippen LogP contribution in [-0.2, 0) is 10.0 Å². The molecule has 0 saturated carbocycles. The lowest BCUT2D eigenvalue weighted by atomic mass is 9.90. The fourth-order valence-electron chi connectivity index (χ4n) is 5.06. The van der Waals surface area contributed by atoms with Crippen LogP contribution in [0.5, 0.6) is 5.75 Å². The summed E-state index contributed by atoms with van der Waals surface area (Å²) in [7, 11) is 6.23. The Morgan fingerprint density at radius 3 is 1.59 bits per heavy atom. The Labute approximate surface area is 223 Å². The number of ether oxygens (including phenoxy) is 1. The SMILES string of the molecule is COc1ccc2cc(-c3ccccc3)ccc2c1-c1c(S(=O)Cl)ccc2cc(-c3ccccc3)ccc12. The van der Waals surface area contributed by atoms with E-state index in [0.717, 1.165) is 54.9 Å². The molecule has 2 nitrogen and oxygen atoms in total. The monoisotopic (exact) mass is 518 g/mol. The summed E-state index contributed by atoms with van der Waals surface area (Å²) in [6, 6.07) is 41.3. The van der Waals surface area contributed by atoms with Gasteiger partial charge in [-0.05, 0) is 78.7 Å². The molecule has 0 aliphatic heterocycles. The van der Waals surface area contributed by atoms with Crippen molar-refractivity contribution in [3.05, 3.63) is 121 Å². The van der Waals surface area contributed by atoms with Crippen LogP contribution in [0.1, 0.15) is 0 Å². The Morgan fingerprint density at radius 2 is 1.08 bits per heavy atom. The minimum absolute atomic E-state index is 0.569. The lowest BCUT2D eigenvalue weighted by Gasteiger charge is -2.18. The summed E-state index contributed by atoms with van der Waals surface area (Å²) < 4.78 is 18.6. The molecule has 0 fully saturated rings. The third-order valence-corrected chi connectivity index (χ3v) is 8.00. The highest BCUT2D eigenvalue weighted by Crippen LogP contribution is 2.45. The lowest BCUT2D eigenvalue weighted by Crippen LogP contribution is -1.96. The van der Waals surface area contributed by atoms with E-state index in [2.05, 4.69) is 66.7 Å². The Kier molecular flexibility index (Phi) is 6.25. The van der Waals surface area contributed by atoms with E-state index in [0.29, 0.717) is 10.6 Å². The van der Waals surface area contributed by atoms with Gasteiger partial charge in [-0.15, -0.1) is 0 Å². The van der Waals surface area contributed by atoms with Crippen molar-refractivity contribution in [2.45, 2.75) is 4.90 Å². The molecule has 1 unspecified atom stereocenters. The van der Waals surface area contributed by atoms with E-state index < -0.39 is 10.0 Å². The Bertz CT molecular complexity index is 1780. The van der Waals surface area contributed by atoms with Gasteiger partial charge in [0.25, 0.3) is 0 Å². The number of fused-ring (bicyclic) bond motifs is 2. The smallest absolute Gasteiger partial charge is 0.148 e. The maximum Gasteiger partial charge on any atom is 0.148 e. The van der Waals surface area contributed by atoms with Gasteiger partial charge in [0.05, 0.1) is 12.0 Å². The number of halogens is 1. The van der Waals surface area contributed by atoms with Crippen LogP contribution in [0.25, 0.3) is 54.9 Å². The first-order valence-electron chi connectivity index (χ1n) is 12.0. The normalized spacial score (nSPS) is 12.1. The van der Waals surface area contributed by atoms with Gasteiger partial charge in [-0.25, -0.2) is 4.21 Å². The fourth-order valence-corrected chi connectivity index (χ4v) is 5.99. The summed E-state index contributed by atoms with van der Waals surface area (Å²) in [6.07, 6.45) is 0. The molecule has 0 aromatic heterocycles. The van der Waals surface area contributed by atoms with Gasteiger partial charge in [-0.3, -0.25) is 0 Å². The molecule has 180 valence electrons. The van der Waals surface area contributed by atoms with Gasteiger partial charge >= 0.3 is 0 Å². The molecule has 37 heavy (non-hydrogen) atoms. The van der Waals surface area contributed by atoms with Crippen molar-refractivity contribution in [3.63, 3.8) is 0 Å². The fraction of sp³-hybridized carbons (Fsp3) is 0.0303. The van der Waals surface area contributed by atoms with Gasteiger partial charge < -0.3 is 4.74 Å². The zero-order chi connectivity index (χ0) is 25.4. The van der Waals surface area contributed by atoms with E-state index >= 15 is 0 Å². The second-order valence-corrected chi connectivity index (χ2v) is 10.6. The van der Waals surface area contributed by atoms with E-state index in [9.17, 15) is 4.21 Å². The minimum atomic E-state index is -1.71. The van der Waals surface area contributed by atoms with Gasteiger partial charge in [0, 0.05) is 11.1 Å². The third kappa shape index (κ3) is 4.31. The van der Waals surface area contributed by atoms with Crippen LogP contribution >= 0.6 is 10.7 Å². The Hall–Kier alpha value is -3.92. The second-order valence-electron chi connectivity index (χ2n) is 8.91. The van der Waals surface area contributed by atoms with Crippen molar-refractivity contribution in [1.82, 2.24) is 0 Å². The highest BCUT2D eigenvalue weighted by molar-refractivity contribution is 8.08. The first kappa shape index (κ1) is 23.5. The third-order valence-electron chi connectivity index (χ3n) is 6.82. The summed E-state index contributed by atoms with van der Waals surface area (Å²) in [5.74, 6) is 0.711. The molecule has 0 aliphatic rings. The number of hydrogen-bond acceptors (Lipinski definition) is 2. The zero-order valence-corrected chi connectivity index (χ0v) is 21.7. The van der Waals surface area contributed by atoms with Crippen molar-refractivity contribution in [2.75, 3.05) is 7.11 Å². The quantitative estimate of drug-likeness (QED) is 0.212. The first-order valence-corrected chi connectivity index (χ1v) is 14.0. The lowest BCUT2D eigenvalue weighted by molar-refractivity contribution is 0.417.